The molecule has 0 aromatic heterocycles. The summed E-state index contributed by atoms with van der Waals surface area (Å²) < 4.78 is 60.5. The topological polar surface area (TPSA) is 49.9 Å². The molecule has 39 heavy (non-hydrogen) atoms. The standard InChI is InChI=1S/C30H34F4N2O3/c1-18-6-3-8-23(31)26(18)28(37)36-24-9-4-7-21(24)16-22(29(38)39-2)27(36)20-13-11-19(12-14-20)17-35-15-5-10-25(35)30(32,33)34/h3,6,8,11-14,21-22,24-25,27H,4-5,7,9-10,15-17H2,1-2H3/t21?,22?,24?,25-,27?/m1/s1. The zero-order valence-corrected chi connectivity index (χ0v) is 22.2. The van der Waals surface area contributed by atoms with Crippen LogP contribution in [0, 0.1) is 24.6 Å². The van der Waals surface area contributed by atoms with E-state index in [0.29, 0.717) is 30.5 Å². The number of ether oxygens (including phenoxy) is 1. The van der Waals surface area contributed by atoms with Gasteiger partial charge in [0.05, 0.1) is 24.6 Å². The molecule has 1 aliphatic carbocycles. The Kier molecular flexibility index (Phi) is 7.73. The Bertz CT molecular complexity index is 1200. The van der Waals surface area contributed by atoms with Gasteiger partial charge in [-0.3, -0.25) is 14.5 Å². The minimum atomic E-state index is -4.27. The fourth-order valence-corrected chi connectivity index (χ4v) is 7.03. The minimum Gasteiger partial charge on any atom is -0.469 e. The van der Waals surface area contributed by atoms with Crippen LogP contribution in [0.4, 0.5) is 17.6 Å². The molecule has 9 heteroatoms. The monoisotopic (exact) mass is 546 g/mol. The maximum Gasteiger partial charge on any atom is 0.404 e. The van der Waals surface area contributed by atoms with Gasteiger partial charge >= 0.3 is 12.1 Å². The fraction of sp³-hybridized carbons (Fsp3) is 0.533. The molecule has 5 nitrogen and oxygen atoms in total. The van der Waals surface area contributed by atoms with Crippen LogP contribution in [0.2, 0.25) is 0 Å². The molecule has 3 fully saturated rings. The van der Waals surface area contributed by atoms with Crippen LogP contribution in [0.1, 0.15) is 71.6 Å². The number of esters is 1. The summed E-state index contributed by atoms with van der Waals surface area (Å²) in [5, 5.41) is 0. The Hall–Kier alpha value is -2.94. The lowest BCUT2D eigenvalue weighted by molar-refractivity contribution is -0.177. The van der Waals surface area contributed by atoms with Crippen LogP contribution >= 0.6 is 0 Å². The average molecular weight is 547 g/mol. The van der Waals surface area contributed by atoms with E-state index in [2.05, 4.69) is 0 Å². The van der Waals surface area contributed by atoms with Crippen molar-refractivity contribution >= 4 is 11.9 Å². The third kappa shape index (κ3) is 5.30. The molecule has 5 rings (SSSR count). The normalized spacial score (nSPS) is 27.4. The first-order valence-electron chi connectivity index (χ1n) is 13.7. The molecule has 0 radical (unpaired) electrons. The van der Waals surface area contributed by atoms with Crippen molar-refractivity contribution < 1.29 is 31.9 Å². The molecule has 2 aromatic rings. The number of hydrogen-bond donors (Lipinski definition) is 0. The average Bonchev–Trinajstić information content (AvgIpc) is 3.57. The van der Waals surface area contributed by atoms with Gasteiger partial charge in [0.1, 0.15) is 11.9 Å². The number of carbonyl (C=O) groups excluding carboxylic acids is 2. The molecule has 0 spiro atoms. The van der Waals surface area contributed by atoms with Crippen LogP contribution < -0.4 is 0 Å². The number of aryl methyl sites for hydroxylation is 1. The predicted molar refractivity (Wildman–Crippen MR) is 137 cm³/mol. The lowest BCUT2D eigenvalue weighted by atomic mass is 9.76. The third-order valence-electron chi connectivity index (χ3n) is 8.84. The number of benzene rings is 2. The molecule has 5 atom stereocenters. The largest absolute Gasteiger partial charge is 0.469 e. The van der Waals surface area contributed by atoms with E-state index in [4.69, 9.17) is 4.74 Å². The quantitative estimate of drug-likeness (QED) is 0.331. The smallest absolute Gasteiger partial charge is 0.404 e. The van der Waals surface area contributed by atoms with E-state index in [-0.39, 0.29) is 30.5 Å². The van der Waals surface area contributed by atoms with Crippen LogP contribution in [0.15, 0.2) is 42.5 Å². The van der Waals surface area contributed by atoms with E-state index in [1.165, 1.54) is 18.1 Å². The SMILES string of the molecule is COC(=O)C1CC2CCCC2N(C(=O)c2c(C)cccc2F)C1c1ccc(CN2CCC[C@@H]2C(F)(F)F)cc1. The Balaban J connectivity index is 1.50. The second-order valence-electron chi connectivity index (χ2n) is 11.1. The van der Waals surface area contributed by atoms with Gasteiger partial charge in [0.2, 0.25) is 0 Å². The molecule has 4 unspecified atom stereocenters. The number of nitrogens with zero attached hydrogens (tertiary/aromatic N) is 2. The Morgan fingerprint density at radius 1 is 1.03 bits per heavy atom. The van der Waals surface area contributed by atoms with Crippen molar-refractivity contribution in [3.05, 3.63) is 70.5 Å². The van der Waals surface area contributed by atoms with Crippen LogP contribution in [0.5, 0.6) is 0 Å². The van der Waals surface area contributed by atoms with Crippen LogP contribution in [0.25, 0.3) is 0 Å². The first-order valence-corrected chi connectivity index (χ1v) is 13.7. The van der Waals surface area contributed by atoms with E-state index in [9.17, 15) is 27.2 Å². The van der Waals surface area contributed by atoms with Gasteiger partial charge in [-0.25, -0.2) is 4.39 Å². The number of rotatable bonds is 5. The molecule has 0 N–H and O–H groups in total. The van der Waals surface area contributed by atoms with Crippen LogP contribution in [0.3, 0.4) is 0 Å². The third-order valence-corrected chi connectivity index (χ3v) is 8.84. The van der Waals surface area contributed by atoms with Gasteiger partial charge in [-0.2, -0.15) is 13.2 Å². The number of hydrogen-bond acceptors (Lipinski definition) is 4. The summed E-state index contributed by atoms with van der Waals surface area (Å²) in [6.07, 6.45) is -0.564. The van der Waals surface area contributed by atoms with Crippen molar-refractivity contribution in [2.24, 2.45) is 11.8 Å². The summed E-state index contributed by atoms with van der Waals surface area (Å²) in [5.74, 6) is -2.01. The fourth-order valence-electron chi connectivity index (χ4n) is 7.03. The number of carbonyl (C=O) groups is 2. The summed E-state index contributed by atoms with van der Waals surface area (Å²) in [4.78, 5) is 30.3. The summed E-state index contributed by atoms with van der Waals surface area (Å²) in [6, 6.07) is 9.39. The maximum absolute atomic E-state index is 15.0. The number of likely N-dealkylation sites (tertiary alicyclic amines) is 2. The summed E-state index contributed by atoms with van der Waals surface area (Å²) in [5.41, 5.74) is 1.94. The summed E-state index contributed by atoms with van der Waals surface area (Å²) in [6.45, 7) is 2.24. The highest BCUT2D eigenvalue weighted by Crippen LogP contribution is 2.49. The highest BCUT2D eigenvalue weighted by Gasteiger charge is 2.51. The number of piperidine rings is 1. The van der Waals surface area contributed by atoms with Gasteiger partial charge in [0.15, 0.2) is 0 Å². The van der Waals surface area contributed by atoms with E-state index in [1.807, 2.05) is 0 Å². The van der Waals surface area contributed by atoms with Crippen molar-refractivity contribution in [2.75, 3.05) is 13.7 Å². The van der Waals surface area contributed by atoms with Crippen molar-refractivity contribution in [2.45, 2.75) is 76.3 Å². The number of amides is 1. The lowest BCUT2D eigenvalue weighted by Gasteiger charge is -2.47. The van der Waals surface area contributed by atoms with Gasteiger partial charge in [-0.05, 0) is 74.2 Å². The van der Waals surface area contributed by atoms with Gasteiger partial charge in [0, 0.05) is 12.6 Å². The summed E-state index contributed by atoms with van der Waals surface area (Å²) >= 11 is 0. The number of fused-ring (bicyclic) bond motifs is 1. The summed E-state index contributed by atoms with van der Waals surface area (Å²) in [7, 11) is 1.32. The Labute approximate surface area is 226 Å². The minimum absolute atomic E-state index is 0.00233. The van der Waals surface area contributed by atoms with E-state index >= 15 is 0 Å². The van der Waals surface area contributed by atoms with E-state index in [0.717, 1.165) is 24.8 Å². The van der Waals surface area contributed by atoms with E-state index in [1.54, 1.807) is 48.2 Å². The van der Waals surface area contributed by atoms with Gasteiger partial charge < -0.3 is 9.64 Å². The van der Waals surface area contributed by atoms with Crippen molar-refractivity contribution in [3.8, 4) is 0 Å². The number of halogens is 4. The molecule has 1 saturated carbocycles. The molecule has 210 valence electrons. The molecule has 2 heterocycles. The molecule has 1 amide bonds. The Morgan fingerprint density at radius 2 is 1.77 bits per heavy atom. The van der Waals surface area contributed by atoms with Crippen molar-refractivity contribution in [1.29, 1.82) is 0 Å². The zero-order chi connectivity index (χ0) is 27.9. The highest BCUT2D eigenvalue weighted by molar-refractivity contribution is 5.97. The first-order chi connectivity index (χ1) is 18.6. The molecule has 2 saturated heterocycles. The van der Waals surface area contributed by atoms with Gasteiger partial charge in [0.25, 0.3) is 5.91 Å². The molecule has 2 aliphatic heterocycles. The molecular formula is C30H34F4N2O3. The van der Waals surface area contributed by atoms with E-state index < -0.39 is 41.9 Å². The molecule has 3 aliphatic rings. The first kappa shape index (κ1) is 27.6. The van der Waals surface area contributed by atoms with Crippen LogP contribution in [-0.2, 0) is 16.1 Å². The molecule has 0 bridgehead atoms. The van der Waals surface area contributed by atoms with Crippen LogP contribution in [-0.4, -0.2) is 53.6 Å². The Morgan fingerprint density at radius 3 is 2.44 bits per heavy atom. The zero-order valence-electron chi connectivity index (χ0n) is 22.2. The molecular weight excluding hydrogens is 512 g/mol. The lowest BCUT2D eigenvalue weighted by Crippen LogP contribution is -2.53. The molecule has 2 aromatic carbocycles. The number of methoxy groups -OCH3 is 1. The number of alkyl halides is 3. The predicted octanol–water partition coefficient (Wildman–Crippen LogP) is 6.21. The second kappa shape index (κ2) is 10.9. The van der Waals surface area contributed by atoms with Crippen molar-refractivity contribution in [3.63, 3.8) is 0 Å². The van der Waals surface area contributed by atoms with Gasteiger partial charge in [-0.1, -0.05) is 42.8 Å². The van der Waals surface area contributed by atoms with Crippen molar-refractivity contribution in [1.82, 2.24) is 9.80 Å². The van der Waals surface area contributed by atoms with Gasteiger partial charge in [-0.15, -0.1) is 0 Å². The highest BCUT2D eigenvalue weighted by atomic mass is 19.4. The second-order valence-corrected chi connectivity index (χ2v) is 11.1. The maximum atomic E-state index is 15.0.